The largest absolute Gasteiger partial charge is 0.390 e. The standard InChI is InChI=1S/C23H34N6O2.HI/c1-3-24-23(29-10-11-31-22(17-29)20-12-26-27(2)14-20)25-13-21(30)16-28-9-8-18-6-4-5-7-19(18)15-28;/h4-7,12,14,21-22,30H,3,8-11,13,15-17H2,1-2H3,(H,24,25);1H. The van der Waals surface area contributed by atoms with Crippen LogP contribution in [0.4, 0.5) is 0 Å². The van der Waals surface area contributed by atoms with Crippen LogP contribution < -0.4 is 5.32 Å². The molecule has 0 bridgehead atoms. The molecule has 9 heteroatoms. The van der Waals surface area contributed by atoms with Crippen LogP contribution in [-0.4, -0.2) is 82.6 Å². The minimum atomic E-state index is -0.492. The van der Waals surface area contributed by atoms with E-state index < -0.39 is 6.10 Å². The fraction of sp³-hybridized carbons (Fsp3) is 0.565. The minimum absolute atomic E-state index is 0. The highest BCUT2D eigenvalue weighted by Crippen LogP contribution is 2.22. The topological polar surface area (TPSA) is 78.2 Å². The number of aliphatic hydroxyl groups excluding tert-OH is 1. The number of nitrogens with one attached hydrogen (secondary N) is 1. The van der Waals surface area contributed by atoms with Crippen molar-refractivity contribution in [3.05, 3.63) is 53.3 Å². The van der Waals surface area contributed by atoms with Crippen molar-refractivity contribution in [3.63, 3.8) is 0 Å². The molecule has 1 aromatic heterocycles. The zero-order valence-corrected chi connectivity index (χ0v) is 21.3. The van der Waals surface area contributed by atoms with E-state index in [1.165, 1.54) is 11.1 Å². The molecule has 1 saturated heterocycles. The van der Waals surface area contributed by atoms with Gasteiger partial charge in [0.1, 0.15) is 6.10 Å². The van der Waals surface area contributed by atoms with Gasteiger partial charge in [0.15, 0.2) is 5.96 Å². The SMILES string of the molecule is CCNC(=NCC(O)CN1CCc2ccccc2C1)N1CCOC(c2cnn(C)c2)C1.I. The number of hydrogen-bond donors (Lipinski definition) is 2. The van der Waals surface area contributed by atoms with Gasteiger partial charge in [0.05, 0.1) is 32.0 Å². The molecule has 2 N–H and O–H groups in total. The number of nitrogens with zero attached hydrogens (tertiary/aromatic N) is 5. The van der Waals surface area contributed by atoms with Crippen molar-refractivity contribution >= 4 is 29.9 Å². The first kappa shape index (κ1) is 24.9. The van der Waals surface area contributed by atoms with Crippen LogP contribution >= 0.6 is 24.0 Å². The number of ether oxygens (including phenoxy) is 1. The number of aliphatic hydroxyl groups is 1. The normalized spacial score (nSPS) is 20.4. The smallest absolute Gasteiger partial charge is 0.194 e. The number of aromatic nitrogens is 2. The van der Waals surface area contributed by atoms with E-state index in [0.29, 0.717) is 19.7 Å². The molecule has 2 aliphatic heterocycles. The molecule has 0 amide bonds. The molecule has 0 radical (unpaired) electrons. The second kappa shape index (κ2) is 12.0. The van der Waals surface area contributed by atoms with E-state index in [9.17, 15) is 5.11 Å². The molecule has 2 atom stereocenters. The van der Waals surface area contributed by atoms with Crippen molar-refractivity contribution in [2.75, 3.05) is 45.9 Å². The van der Waals surface area contributed by atoms with Gasteiger partial charge in [0.2, 0.25) is 0 Å². The molecule has 3 heterocycles. The Morgan fingerprint density at radius 2 is 2.12 bits per heavy atom. The number of morpholine rings is 1. The van der Waals surface area contributed by atoms with Crippen molar-refractivity contribution in [1.82, 2.24) is 24.9 Å². The van der Waals surface area contributed by atoms with Crippen LogP contribution in [0, 0.1) is 0 Å². The van der Waals surface area contributed by atoms with Gasteiger partial charge in [-0.2, -0.15) is 5.10 Å². The third-order valence-corrected chi connectivity index (χ3v) is 5.93. The summed E-state index contributed by atoms with van der Waals surface area (Å²) >= 11 is 0. The van der Waals surface area contributed by atoms with Gasteiger partial charge in [-0.15, -0.1) is 24.0 Å². The maximum Gasteiger partial charge on any atom is 0.194 e. The summed E-state index contributed by atoms with van der Waals surface area (Å²) in [5.41, 5.74) is 3.87. The molecule has 176 valence electrons. The van der Waals surface area contributed by atoms with Crippen LogP contribution in [-0.2, 0) is 24.8 Å². The van der Waals surface area contributed by atoms with Crippen molar-refractivity contribution < 1.29 is 9.84 Å². The average Bonchev–Trinajstić information content (AvgIpc) is 3.23. The summed E-state index contributed by atoms with van der Waals surface area (Å²) in [7, 11) is 1.91. The highest BCUT2D eigenvalue weighted by atomic mass is 127. The first-order chi connectivity index (χ1) is 15.1. The van der Waals surface area contributed by atoms with Crippen molar-refractivity contribution in [2.45, 2.75) is 32.1 Å². The zero-order valence-electron chi connectivity index (χ0n) is 19.0. The lowest BCUT2D eigenvalue weighted by Crippen LogP contribution is -2.48. The lowest BCUT2D eigenvalue weighted by atomic mass is 10.00. The van der Waals surface area contributed by atoms with Gasteiger partial charge < -0.3 is 20.1 Å². The van der Waals surface area contributed by atoms with Gasteiger partial charge in [0, 0.05) is 51.5 Å². The Bertz CT molecular complexity index is 889. The highest BCUT2D eigenvalue weighted by Gasteiger charge is 2.25. The van der Waals surface area contributed by atoms with E-state index in [1.54, 1.807) is 4.68 Å². The molecule has 0 spiro atoms. The van der Waals surface area contributed by atoms with E-state index in [0.717, 1.165) is 50.7 Å². The van der Waals surface area contributed by atoms with Crippen molar-refractivity contribution in [2.24, 2.45) is 12.0 Å². The van der Waals surface area contributed by atoms with Gasteiger partial charge in [-0.05, 0) is 24.5 Å². The van der Waals surface area contributed by atoms with Crippen LogP contribution in [0.25, 0.3) is 0 Å². The lowest BCUT2D eigenvalue weighted by molar-refractivity contribution is -0.00813. The number of halogens is 1. The average molecular weight is 554 g/mol. The van der Waals surface area contributed by atoms with Crippen LogP contribution in [0.2, 0.25) is 0 Å². The number of β-amino-alcohol motifs (C(OH)–C–C–N with tert-alkyl or cyclic N) is 1. The number of aryl methyl sites for hydroxylation is 1. The lowest BCUT2D eigenvalue weighted by Gasteiger charge is -2.35. The van der Waals surface area contributed by atoms with Crippen molar-refractivity contribution in [3.8, 4) is 0 Å². The number of rotatable bonds is 6. The van der Waals surface area contributed by atoms with Crippen LogP contribution in [0.15, 0.2) is 41.7 Å². The second-order valence-corrected chi connectivity index (χ2v) is 8.36. The molecule has 32 heavy (non-hydrogen) atoms. The number of fused-ring (bicyclic) bond motifs is 1. The van der Waals surface area contributed by atoms with Crippen LogP contribution in [0.5, 0.6) is 0 Å². The molecule has 1 aromatic carbocycles. The van der Waals surface area contributed by atoms with Gasteiger partial charge in [-0.1, -0.05) is 24.3 Å². The summed E-state index contributed by atoms with van der Waals surface area (Å²) in [5, 5.41) is 18.3. The molecule has 1 fully saturated rings. The number of guanidine groups is 1. The summed E-state index contributed by atoms with van der Waals surface area (Å²) in [6, 6.07) is 8.58. The zero-order chi connectivity index (χ0) is 21.6. The molecular weight excluding hydrogens is 519 g/mol. The first-order valence-electron chi connectivity index (χ1n) is 11.2. The fourth-order valence-corrected chi connectivity index (χ4v) is 4.33. The van der Waals surface area contributed by atoms with Crippen LogP contribution in [0.1, 0.15) is 29.7 Å². The Labute approximate surface area is 207 Å². The fourth-order valence-electron chi connectivity index (χ4n) is 4.33. The third-order valence-electron chi connectivity index (χ3n) is 5.93. The van der Waals surface area contributed by atoms with Gasteiger partial charge in [-0.3, -0.25) is 14.6 Å². The summed E-state index contributed by atoms with van der Waals surface area (Å²) < 4.78 is 7.75. The quantitative estimate of drug-likeness (QED) is 0.322. The molecule has 0 aliphatic carbocycles. The maximum atomic E-state index is 10.7. The summed E-state index contributed by atoms with van der Waals surface area (Å²) in [4.78, 5) is 9.30. The number of aliphatic imine (C=N–C) groups is 1. The Kier molecular flexibility index (Phi) is 9.33. The molecule has 2 aromatic rings. The predicted molar refractivity (Wildman–Crippen MR) is 136 cm³/mol. The van der Waals surface area contributed by atoms with Gasteiger partial charge in [-0.25, -0.2) is 0 Å². The van der Waals surface area contributed by atoms with E-state index in [1.807, 2.05) is 19.4 Å². The Balaban J connectivity index is 0.00000289. The van der Waals surface area contributed by atoms with Gasteiger partial charge >= 0.3 is 0 Å². The molecule has 0 saturated carbocycles. The Hall–Kier alpha value is -1.69. The predicted octanol–water partition coefficient (Wildman–Crippen LogP) is 1.80. The van der Waals surface area contributed by atoms with Crippen molar-refractivity contribution in [1.29, 1.82) is 0 Å². The van der Waals surface area contributed by atoms with Gasteiger partial charge in [0.25, 0.3) is 0 Å². The molecule has 8 nitrogen and oxygen atoms in total. The third kappa shape index (κ3) is 6.43. The summed E-state index contributed by atoms with van der Waals surface area (Å²) in [5.74, 6) is 0.836. The minimum Gasteiger partial charge on any atom is -0.390 e. The molecule has 2 unspecified atom stereocenters. The number of benzene rings is 1. The second-order valence-electron chi connectivity index (χ2n) is 8.36. The summed E-state index contributed by atoms with van der Waals surface area (Å²) in [6.45, 7) is 7.89. The van der Waals surface area contributed by atoms with E-state index in [-0.39, 0.29) is 30.1 Å². The summed E-state index contributed by atoms with van der Waals surface area (Å²) in [6.07, 6.45) is 4.38. The Morgan fingerprint density at radius 3 is 2.88 bits per heavy atom. The monoisotopic (exact) mass is 554 g/mol. The molecular formula is C23H35IN6O2. The van der Waals surface area contributed by atoms with E-state index in [2.05, 4.69) is 51.4 Å². The Morgan fingerprint density at radius 1 is 1.31 bits per heavy atom. The molecule has 2 aliphatic rings. The van der Waals surface area contributed by atoms with Crippen LogP contribution in [0.3, 0.4) is 0 Å². The van der Waals surface area contributed by atoms with E-state index >= 15 is 0 Å². The molecule has 4 rings (SSSR count). The first-order valence-corrected chi connectivity index (χ1v) is 11.2. The van der Waals surface area contributed by atoms with E-state index in [4.69, 9.17) is 9.73 Å². The maximum absolute atomic E-state index is 10.7. The number of hydrogen-bond acceptors (Lipinski definition) is 5. The highest BCUT2D eigenvalue weighted by molar-refractivity contribution is 14.0.